The maximum Gasteiger partial charge on any atom is 0.251 e. The van der Waals surface area contributed by atoms with E-state index in [-0.39, 0.29) is 11.8 Å². The Hall–Kier alpha value is -2.70. The standard InChI is InChI=1S/C22H28N4O2/c1-22(23,18-7-3-2-4-8-18)21(28)25-19-11-9-17(10-12-19)20(27)24-13-16-26-14-5-6-15-26/h2-4,7-12H,5-6,13-16,23H2,1H3,(H,24,27)(H,25,28). The van der Waals surface area contributed by atoms with E-state index in [9.17, 15) is 9.59 Å². The maximum absolute atomic E-state index is 12.6. The molecule has 1 aliphatic rings. The summed E-state index contributed by atoms with van der Waals surface area (Å²) in [5.41, 5.74) is 7.00. The molecule has 148 valence electrons. The van der Waals surface area contributed by atoms with E-state index in [1.54, 1.807) is 31.2 Å². The molecule has 0 bridgehead atoms. The molecule has 3 rings (SSSR count). The Labute approximate surface area is 166 Å². The Morgan fingerprint density at radius 3 is 2.32 bits per heavy atom. The van der Waals surface area contributed by atoms with E-state index in [4.69, 9.17) is 5.73 Å². The van der Waals surface area contributed by atoms with Gasteiger partial charge in [-0.3, -0.25) is 9.59 Å². The molecule has 6 heteroatoms. The zero-order valence-electron chi connectivity index (χ0n) is 16.3. The van der Waals surface area contributed by atoms with Crippen LogP contribution in [0.25, 0.3) is 0 Å². The summed E-state index contributed by atoms with van der Waals surface area (Å²) in [6.45, 7) is 5.44. The Bertz CT molecular complexity index is 797. The molecule has 28 heavy (non-hydrogen) atoms. The zero-order valence-corrected chi connectivity index (χ0v) is 16.3. The molecule has 0 aliphatic carbocycles. The lowest BCUT2D eigenvalue weighted by Crippen LogP contribution is -2.45. The number of anilines is 1. The number of amides is 2. The van der Waals surface area contributed by atoms with Crippen LogP contribution in [0.3, 0.4) is 0 Å². The fourth-order valence-electron chi connectivity index (χ4n) is 3.32. The van der Waals surface area contributed by atoms with Crippen molar-refractivity contribution in [3.8, 4) is 0 Å². The highest BCUT2D eigenvalue weighted by Gasteiger charge is 2.30. The molecule has 0 aromatic heterocycles. The van der Waals surface area contributed by atoms with Gasteiger partial charge in [0.2, 0.25) is 5.91 Å². The van der Waals surface area contributed by atoms with Gasteiger partial charge in [0.05, 0.1) is 0 Å². The minimum absolute atomic E-state index is 0.106. The summed E-state index contributed by atoms with van der Waals surface area (Å²) in [5, 5.41) is 5.77. The lowest BCUT2D eigenvalue weighted by molar-refractivity contribution is -0.120. The third-order valence-electron chi connectivity index (χ3n) is 5.16. The van der Waals surface area contributed by atoms with E-state index < -0.39 is 5.54 Å². The molecular weight excluding hydrogens is 352 g/mol. The molecule has 2 amide bonds. The van der Waals surface area contributed by atoms with E-state index in [0.717, 1.165) is 25.2 Å². The molecule has 1 aliphatic heterocycles. The molecule has 1 heterocycles. The molecule has 1 atom stereocenters. The number of benzene rings is 2. The number of nitrogens with zero attached hydrogens (tertiary/aromatic N) is 1. The molecule has 4 N–H and O–H groups in total. The highest BCUT2D eigenvalue weighted by Crippen LogP contribution is 2.20. The number of hydrogen-bond donors (Lipinski definition) is 3. The summed E-state index contributed by atoms with van der Waals surface area (Å²) < 4.78 is 0. The van der Waals surface area contributed by atoms with E-state index in [1.165, 1.54) is 12.8 Å². The quantitative estimate of drug-likeness (QED) is 0.688. The number of carbonyl (C=O) groups is 2. The van der Waals surface area contributed by atoms with Gasteiger partial charge in [-0.1, -0.05) is 30.3 Å². The minimum Gasteiger partial charge on any atom is -0.351 e. The fraction of sp³-hybridized carbons (Fsp3) is 0.364. The lowest BCUT2D eigenvalue weighted by atomic mass is 9.92. The molecule has 1 saturated heterocycles. The topological polar surface area (TPSA) is 87.5 Å². The van der Waals surface area contributed by atoms with Crippen molar-refractivity contribution in [2.24, 2.45) is 5.73 Å². The Morgan fingerprint density at radius 1 is 1.04 bits per heavy atom. The highest BCUT2D eigenvalue weighted by molar-refractivity contribution is 5.99. The number of nitrogens with two attached hydrogens (primary N) is 1. The number of likely N-dealkylation sites (tertiary alicyclic amines) is 1. The third-order valence-corrected chi connectivity index (χ3v) is 5.16. The van der Waals surface area contributed by atoms with Crippen LogP contribution in [-0.2, 0) is 10.3 Å². The van der Waals surface area contributed by atoms with Crippen molar-refractivity contribution in [2.75, 3.05) is 31.5 Å². The lowest BCUT2D eigenvalue weighted by Gasteiger charge is -2.24. The highest BCUT2D eigenvalue weighted by atomic mass is 16.2. The second-order valence-corrected chi connectivity index (χ2v) is 7.40. The molecule has 0 radical (unpaired) electrons. The van der Waals surface area contributed by atoms with E-state index in [1.807, 2.05) is 30.3 Å². The van der Waals surface area contributed by atoms with Crippen LogP contribution in [0, 0.1) is 0 Å². The summed E-state index contributed by atoms with van der Waals surface area (Å²) in [6.07, 6.45) is 2.49. The predicted molar refractivity (Wildman–Crippen MR) is 111 cm³/mol. The average Bonchev–Trinajstić information content (AvgIpc) is 3.22. The van der Waals surface area contributed by atoms with Crippen LogP contribution in [0.4, 0.5) is 5.69 Å². The number of carbonyl (C=O) groups excluding carboxylic acids is 2. The van der Waals surface area contributed by atoms with Gasteiger partial charge < -0.3 is 21.3 Å². The molecule has 0 spiro atoms. The van der Waals surface area contributed by atoms with Gasteiger partial charge in [-0.15, -0.1) is 0 Å². The van der Waals surface area contributed by atoms with Crippen molar-refractivity contribution in [3.05, 3.63) is 65.7 Å². The molecule has 0 saturated carbocycles. The van der Waals surface area contributed by atoms with Crippen molar-refractivity contribution in [3.63, 3.8) is 0 Å². The van der Waals surface area contributed by atoms with Crippen molar-refractivity contribution in [1.82, 2.24) is 10.2 Å². The van der Waals surface area contributed by atoms with Gasteiger partial charge in [-0.25, -0.2) is 0 Å². The first kappa shape index (κ1) is 20.0. The van der Waals surface area contributed by atoms with E-state index in [2.05, 4.69) is 15.5 Å². The van der Waals surface area contributed by atoms with Crippen molar-refractivity contribution in [1.29, 1.82) is 0 Å². The fourth-order valence-corrected chi connectivity index (χ4v) is 3.32. The van der Waals surface area contributed by atoms with Crippen LogP contribution in [0.2, 0.25) is 0 Å². The van der Waals surface area contributed by atoms with Crippen molar-refractivity contribution < 1.29 is 9.59 Å². The van der Waals surface area contributed by atoms with Crippen LogP contribution in [0.1, 0.15) is 35.7 Å². The van der Waals surface area contributed by atoms with Gasteiger partial charge in [-0.2, -0.15) is 0 Å². The normalized spacial score (nSPS) is 16.4. The van der Waals surface area contributed by atoms with Gasteiger partial charge in [0, 0.05) is 24.3 Å². The summed E-state index contributed by atoms with van der Waals surface area (Å²) >= 11 is 0. The first-order valence-electron chi connectivity index (χ1n) is 9.73. The van der Waals surface area contributed by atoms with E-state index in [0.29, 0.717) is 17.8 Å². The van der Waals surface area contributed by atoms with Gasteiger partial charge in [0.1, 0.15) is 5.54 Å². The number of hydrogen-bond acceptors (Lipinski definition) is 4. The Morgan fingerprint density at radius 2 is 1.68 bits per heavy atom. The Kier molecular flexibility index (Phi) is 6.44. The summed E-state index contributed by atoms with van der Waals surface area (Å²) in [4.78, 5) is 27.2. The van der Waals surface area contributed by atoms with Gasteiger partial charge in [0.15, 0.2) is 0 Å². The number of rotatable bonds is 7. The monoisotopic (exact) mass is 380 g/mol. The largest absolute Gasteiger partial charge is 0.351 e. The van der Waals surface area contributed by atoms with Crippen molar-refractivity contribution in [2.45, 2.75) is 25.3 Å². The van der Waals surface area contributed by atoms with E-state index >= 15 is 0 Å². The van der Waals surface area contributed by atoms with Crippen LogP contribution in [0.15, 0.2) is 54.6 Å². The molecule has 1 fully saturated rings. The van der Waals surface area contributed by atoms with Crippen LogP contribution in [-0.4, -0.2) is 42.9 Å². The molecule has 6 nitrogen and oxygen atoms in total. The van der Waals surface area contributed by atoms with Crippen molar-refractivity contribution >= 4 is 17.5 Å². The van der Waals surface area contributed by atoms with Gasteiger partial charge >= 0.3 is 0 Å². The van der Waals surface area contributed by atoms with Gasteiger partial charge in [-0.05, 0) is 62.7 Å². The SMILES string of the molecule is CC(N)(C(=O)Nc1ccc(C(=O)NCCN2CCCC2)cc1)c1ccccc1. The van der Waals surface area contributed by atoms with Gasteiger partial charge in [0.25, 0.3) is 5.91 Å². The smallest absolute Gasteiger partial charge is 0.251 e. The first-order valence-corrected chi connectivity index (χ1v) is 9.73. The second-order valence-electron chi connectivity index (χ2n) is 7.40. The summed E-state index contributed by atoms with van der Waals surface area (Å²) in [6, 6.07) is 16.1. The molecule has 2 aromatic carbocycles. The summed E-state index contributed by atoms with van der Waals surface area (Å²) in [7, 11) is 0. The Balaban J connectivity index is 1.53. The summed E-state index contributed by atoms with van der Waals surface area (Å²) in [5.74, 6) is -0.411. The predicted octanol–water partition coefficient (Wildman–Crippen LogP) is 2.32. The minimum atomic E-state index is -1.15. The second kappa shape index (κ2) is 8.99. The third kappa shape index (κ3) is 4.97. The zero-order chi connectivity index (χ0) is 20.0. The molecule has 1 unspecified atom stereocenters. The van der Waals surface area contributed by atoms with Crippen LogP contribution >= 0.6 is 0 Å². The average molecular weight is 380 g/mol. The molecule has 2 aromatic rings. The maximum atomic E-state index is 12.6. The molecular formula is C22H28N4O2. The number of nitrogens with one attached hydrogen (secondary N) is 2. The van der Waals surface area contributed by atoms with Crippen LogP contribution < -0.4 is 16.4 Å². The first-order chi connectivity index (χ1) is 13.5. The van der Waals surface area contributed by atoms with Crippen LogP contribution in [0.5, 0.6) is 0 Å².